The second-order valence-corrected chi connectivity index (χ2v) is 28.1. The van der Waals surface area contributed by atoms with Crippen molar-refractivity contribution >= 4 is 31.9 Å². The molecule has 92 heavy (non-hydrogen) atoms. The van der Waals surface area contributed by atoms with Gasteiger partial charge in [-0.05, 0) is 170 Å². The third kappa shape index (κ3) is 17.5. The van der Waals surface area contributed by atoms with E-state index in [1.807, 2.05) is 133 Å². The minimum Gasteiger partial charge on any atom is -0.489 e. The first-order valence-electron chi connectivity index (χ1n) is 32.5. The van der Waals surface area contributed by atoms with Gasteiger partial charge < -0.3 is 20.1 Å². The lowest BCUT2D eigenvalue weighted by Crippen LogP contribution is -2.48. The average molecular weight is 1270 g/mol. The van der Waals surface area contributed by atoms with Gasteiger partial charge in [0.05, 0.1) is 22.9 Å². The normalized spacial score (nSPS) is 17.0. The van der Waals surface area contributed by atoms with Crippen LogP contribution in [0.4, 0.5) is 0 Å². The monoisotopic (exact) mass is 1270 g/mol. The van der Waals surface area contributed by atoms with Crippen molar-refractivity contribution in [3.8, 4) is 33.8 Å². The second-order valence-electron chi connectivity index (χ2n) is 24.3. The average Bonchev–Trinajstić information content (AvgIpc) is 1.60. The number of nitrogens with one attached hydrogen (secondary N) is 2. The molecular weight excluding hydrogens is 1190 g/mol. The molecule has 2 N–H and O–H groups in total. The molecule has 2 aliphatic heterocycles. The van der Waals surface area contributed by atoms with E-state index in [0.717, 1.165) is 99.3 Å². The molecule has 9 aromatic rings. The minimum absolute atomic E-state index is 0.0719. The number of hydrogen-bond donors (Lipinski definition) is 2. The molecule has 4 atom stereocenters. The van der Waals surface area contributed by atoms with Crippen LogP contribution in [0.3, 0.4) is 0 Å². The Bertz CT molecular complexity index is 3630. The molecule has 474 valence electrons. The zero-order valence-corrected chi connectivity index (χ0v) is 53.6. The molecule has 12 nitrogen and oxygen atoms in total. The van der Waals surface area contributed by atoms with Crippen LogP contribution in [-0.2, 0) is 55.3 Å². The number of rotatable bonds is 30. The Labute approximate surface area is 543 Å². The van der Waals surface area contributed by atoms with Crippen molar-refractivity contribution in [3.05, 3.63) is 277 Å². The molecule has 0 spiro atoms. The fourth-order valence-corrected chi connectivity index (χ4v) is 16.1. The van der Waals surface area contributed by atoms with E-state index >= 15 is 0 Å². The van der Waals surface area contributed by atoms with Crippen molar-refractivity contribution in [2.24, 2.45) is 0 Å². The number of ether oxygens (including phenoxy) is 2. The van der Waals surface area contributed by atoms with Crippen LogP contribution in [0.2, 0.25) is 0 Å². The van der Waals surface area contributed by atoms with Crippen molar-refractivity contribution < 1.29 is 35.9 Å². The topological polar surface area (TPSA) is 151 Å². The predicted molar refractivity (Wildman–Crippen MR) is 365 cm³/mol. The number of benzene rings is 9. The summed E-state index contributed by atoms with van der Waals surface area (Å²) in [6.07, 6.45) is 8.51. The first-order chi connectivity index (χ1) is 44.9. The Morgan fingerprint density at radius 2 is 0.620 bits per heavy atom. The third-order valence-electron chi connectivity index (χ3n) is 17.7. The molecule has 9 aromatic carbocycles. The van der Waals surface area contributed by atoms with Crippen LogP contribution in [0.15, 0.2) is 265 Å². The van der Waals surface area contributed by atoms with Crippen molar-refractivity contribution in [3.63, 3.8) is 0 Å². The maximum Gasteiger partial charge on any atom is 0.243 e. The number of hydrogen-bond acceptors (Lipinski definition) is 8. The Balaban J connectivity index is 0.801. The first-order valence-corrected chi connectivity index (χ1v) is 35.3. The minimum atomic E-state index is -4.22. The van der Waals surface area contributed by atoms with Crippen molar-refractivity contribution in [2.45, 2.75) is 136 Å². The van der Waals surface area contributed by atoms with E-state index in [4.69, 9.17) is 9.47 Å². The molecular formula is C78H82N4O8S2. The van der Waals surface area contributed by atoms with E-state index in [2.05, 4.69) is 59.2 Å². The van der Waals surface area contributed by atoms with E-state index in [-0.39, 0.29) is 59.6 Å². The number of sulfonamides is 2. The van der Waals surface area contributed by atoms with Gasteiger partial charge in [-0.3, -0.25) is 9.59 Å². The molecule has 0 bridgehead atoms. The fraction of sp³-hybridized carbons (Fsp3) is 0.282. The summed E-state index contributed by atoms with van der Waals surface area (Å²) in [7, 11) is -8.43. The van der Waals surface area contributed by atoms with Crippen LogP contribution in [0.1, 0.15) is 86.5 Å². The van der Waals surface area contributed by atoms with Gasteiger partial charge in [0.25, 0.3) is 0 Å². The molecule has 2 amide bonds. The number of aryl methyl sites for hydroxylation is 4. The molecule has 11 rings (SSSR count). The summed E-state index contributed by atoms with van der Waals surface area (Å²) >= 11 is 0. The number of carbonyl (C=O) groups is 2. The van der Waals surface area contributed by atoms with E-state index in [1.54, 1.807) is 72.8 Å². The molecule has 0 aliphatic carbocycles. The molecule has 1 unspecified atom stereocenters. The summed E-state index contributed by atoms with van der Waals surface area (Å²) in [6, 6.07) is 78.7. The maximum absolute atomic E-state index is 14.9. The van der Waals surface area contributed by atoms with Crippen LogP contribution in [-0.4, -0.2) is 86.7 Å². The van der Waals surface area contributed by atoms with Gasteiger partial charge in [0.1, 0.15) is 35.8 Å². The number of amides is 2. The highest BCUT2D eigenvalue weighted by Gasteiger charge is 2.47. The number of carbonyl (C=O) groups excluding carboxylic acids is 2. The molecule has 2 fully saturated rings. The van der Waals surface area contributed by atoms with E-state index in [9.17, 15) is 26.4 Å². The molecule has 14 heteroatoms. The maximum atomic E-state index is 14.9. The van der Waals surface area contributed by atoms with Crippen LogP contribution in [0.5, 0.6) is 11.5 Å². The lowest BCUT2D eigenvalue weighted by molar-refractivity contribution is -0.125. The molecule has 2 saturated heterocycles. The predicted octanol–water partition coefficient (Wildman–Crippen LogP) is 14.5. The van der Waals surface area contributed by atoms with Gasteiger partial charge >= 0.3 is 0 Å². The van der Waals surface area contributed by atoms with Crippen LogP contribution < -0.4 is 20.1 Å². The van der Waals surface area contributed by atoms with Gasteiger partial charge in [0, 0.05) is 24.9 Å². The summed E-state index contributed by atoms with van der Waals surface area (Å²) in [4.78, 5) is 29.8. The second kappa shape index (κ2) is 31.6. The summed E-state index contributed by atoms with van der Waals surface area (Å²) in [6.45, 7) is -0.144. The fourth-order valence-electron chi connectivity index (χ4n) is 12.8. The SMILES string of the molecule is O=C(NC(CCCc1ccccc1)CCCc1ccccc1)C1C[C@@H](Oc2ccc(O[C@H]3C[C@H](C(=O)NC(CCCc4ccccc4)CCCc4ccccc4)N(S(=O)(=O)c4ccc(-c5ccccc5)cc4)C3)cc2)CN1S(=O)(=O)c1ccc(-c2ccccc2)cc1. The van der Waals surface area contributed by atoms with Crippen LogP contribution in [0, 0.1) is 0 Å². The van der Waals surface area contributed by atoms with Gasteiger partial charge in [0.15, 0.2) is 0 Å². The highest BCUT2D eigenvalue weighted by Crippen LogP contribution is 2.35. The van der Waals surface area contributed by atoms with E-state index in [1.165, 1.54) is 30.9 Å². The quantitative estimate of drug-likeness (QED) is 0.0452. The van der Waals surface area contributed by atoms with Crippen LogP contribution in [0.25, 0.3) is 22.3 Å². The van der Waals surface area contributed by atoms with Gasteiger partial charge in [-0.15, -0.1) is 0 Å². The van der Waals surface area contributed by atoms with Crippen molar-refractivity contribution in [1.29, 1.82) is 0 Å². The first kappa shape index (κ1) is 64.9. The zero-order valence-electron chi connectivity index (χ0n) is 52.0. The van der Waals surface area contributed by atoms with Gasteiger partial charge in [-0.1, -0.05) is 206 Å². The van der Waals surface area contributed by atoms with Crippen LogP contribution >= 0.6 is 0 Å². The molecule has 0 aromatic heterocycles. The summed E-state index contributed by atoms with van der Waals surface area (Å²) in [5.41, 5.74) is 8.53. The number of nitrogens with zero attached hydrogens (tertiary/aromatic N) is 2. The molecule has 0 radical (unpaired) electrons. The lowest BCUT2D eigenvalue weighted by atomic mass is 9.98. The van der Waals surface area contributed by atoms with Gasteiger partial charge in [-0.2, -0.15) is 8.61 Å². The highest BCUT2D eigenvalue weighted by atomic mass is 32.2. The summed E-state index contributed by atoms with van der Waals surface area (Å²) in [5, 5.41) is 6.67. The smallest absolute Gasteiger partial charge is 0.243 e. The Morgan fingerprint density at radius 1 is 0.359 bits per heavy atom. The zero-order chi connectivity index (χ0) is 63.5. The molecule has 2 aliphatic rings. The van der Waals surface area contributed by atoms with Crippen molar-refractivity contribution in [1.82, 2.24) is 19.2 Å². The summed E-state index contributed by atoms with van der Waals surface area (Å²) < 4.78 is 75.4. The standard InChI is InChI=1S/C78H82N4O8S2/c83-77(79-67(39-19-31-59-23-7-1-8-24-59)40-20-32-60-25-9-2-10-26-60)75-55-71(57-81(75)91(85,86)73-51-43-65(44-52-73)63-35-15-5-16-36-63)89-69-47-49-70(50-48-69)90-72-56-76(82(58-72)92(87,88)74-53-45-66(46-54-74)64-37-17-6-18-38-64)78(84)80-68(41-21-33-61-27-11-3-12-28-61)42-22-34-62-29-13-4-14-30-62/h1-18,23-30,35-38,43-54,67-68,71-72,75-76H,19-22,31-34,39-42,55-58H2,(H,79,83)(H,80,84)/t71-,72+,75+,76?/m0/s1. The summed E-state index contributed by atoms with van der Waals surface area (Å²) in [5.74, 6) is 0.147. The largest absolute Gasteiger partial charge is 0.489 e. The molecule has 0 saturated carbocycles. The lowest BCUT2D eigenvalue weighted by Gasteiger charge is -2.26. The Morgan fingerprint density at radius 3 is 0.902 bits per heavy atom. The van der Waals surface area contributed by atoms with E-state index < -0.39 is 44.3 Å². The van der Waals surface area contributed by atoms with E-state index in [0.29, 0.717) is 11.5 Å². The molecule has 2 heterocycles. The van der Waals surface area contributed by atoms with Crippen molar-refractivity contribution in [2.75, 3.05) is 13.1 Å². The van der Waals surface area contributed by atoms with Gasteiger partial charge in [0.2, 0.25) is 31.9 Å². The Kier molecular flexibility index (Phi) is 22.3. The third-order valence-corrected chi connectivity index (χ3v) is 21.5. The van der Waals surface area contributed by atoms with Gasteiger partial charge in [-0.25, -0.2) is 16.8 Å². The highest BCUT2D eigenvalue weighted by molar-refractivity contribution is 7.89. The Hall–Kier alpha value is -8.66.